The van der Waals surface area contributed by atoms with Crippen LogP contribution in [0.3, 0.4) is 0 Å². The molecule has 5 heteroatoms. The first-order chi connectivity index (χ1) is 11.1. The summed E-state index contributed by atoms with van der Waals surface area (Å²) in [5, 5.41) is 0. The van der Waals surface area contributed by atoms with Gasteiger partial charge in [-0.1, -0.05) is 18.2 Å². The number of pyridine rings is 1. The zero-order chi connectivity index (χ0) is 16.2. The van der Waals surface area contributed by atoms with Gasteiger partial charge in [0, 0.05) is 38.9 Å². The number of hydrogen-bond acceptors (Lipinski definition) is 4. The number of piperazine rings is 1. The fraction of sp³-hybridized carbons (Fsp3) is 0.333. The summed E-state index contributed by atoms with van der Waals surface area (Å²) in [6.45, 7) is 4.10. The number of anilines is 2. The molecule has 0 aliphatic carbocycles. The van der Waals surface area contributed by atoms with Crippen molar-refractivity contribution in [2.75, 3.05) is 50.1 Å². The smallest absolute Gasteiger partial charge is 0.276 e. The molecule has 0 bridgehead atoms. The molecule has 3 rings (SSSR count). The van der Waals surface area contributed by atoms with Crippen LogP contribution in [-0.2, 0) is 0 Å². The number of amides is 1. The van der Waals surface area contributed by atoms with Gasteiger partial charge < -0.3 is 14.7 Å². The predicted octanol–water partition coefficient (Wildman–Crippen LogP) is 2.11. The van der Waals surface area contributed by atoms with E-state index in [1.807, 2.05) is 42.5 Å². The molecule has 120 valence electrons. The zero-order valence-electron chi connectivity index (χ0n) is 13.6. The number of carbonyl (C=O) groups excluding carboxylic acids is 1. The van der Waals surface area contributed by atoms with Crippen LogP contribution in [0.25, 0.3) is 0 Å². The number of aromatic nitrogens is 1. The lowest BCUT2D eigenvalue weighted by Gasteiger charge is -2.33. The Balaban J connectivity index is 1.70. The molecule has 1 fully saturated rings. The molecule has 2 aromatic rings. The van der Waals surface area contributed by atoms with Crippen LogP contribution in [0.4, 0.5) is 11.4 Å². The summed E-state index contributed by atoms with van der Waals surface area (Å²) in [4.78, 5) is 23.1. The SMILES string of the molecule is CN1CCN(c2ccc(C(=O)N(C)c3ccccc3)nc2)CC1. The van der Waals surface area contributed by atoms with Gasteiger partial charge in [-0.3, -0.25) is 4.79 Å². The summed E-state index contributed by atoms with van der Waals surface area (Å²) >= 11 is 0. The van der Waals surface area contributed by atoms with Gasteiger partial charge in [0.2, 0.25) is 0 Å². The minimum absolute atomic E-state index is 0.0962. The highest BCUT2D eigenvalue weighted by molar-refractivity contribution is 6.04. The average molecular weight is 310 g/mol. The molecule has 1 aromatic carbocycles. The third-order valence-electron chi connectivity index (χ3n) is 4.28. The van der Waals surface area contributed by atoms with E-state index < -0.39 is 0 Å². The molecular weight excluding hydrogens is 288 g/mol. The van der Waals surface area contributed by atoms with Crippen LogP contribution in [0.15, 0.2) is 48.7 Å². The molecule has 0 atom stereocenters. The van der Waals surface area contributed by atoms with Gasteiger partial charge in [0.05, 0.1) is 11.9 Å². The molecule has 2 heterocycles. The Bertz CT molecular complexity index is 648. The third-order valence-corrected chi connectivity index (χ3v) is 4.28. The molecule has 0 radical (unpaired) electrons. The number of likely N-dealkylation sites (N-methyl/N-ethyl adjacent to an activating group) is 1. The molecule has 0 saturated carbocycles. The van der Waals surface area contributed by atoms with Crippen molar-refractivity contribution in [2.45, 2.75) is 0 Å². The lowest BCUT2D eigenvalue weighted by molar-refractivity contribution is 0.0988. The quantitative estimate of drug-likeness (QED) is 0.870. The molecule has 1 saturated heterocycles. The number of rotatable bonds is 3. The van der Waals surface area contributed by atoms with Gasteiger partial charge >= 0.3 is 0 Å². The molecule has 0 spiro atoms. The van der Waals surface area contributed by atoms with Crippen molar-refractivity contribution in [3.8, 4) is 0 Å². The van der Waals surface area contributed by atoms with E-state index in [1.54, 1.807) is 18.1 Å². The van der Waals surface area contributed by atoms with E-state index in [0.717, 1.165) is 37.6 Å². The van der Waals surface area contributed by atoms with E-state index in [4.69, 9.17) is 0 Å². The first-order valence-corrected chi connectivity index (χ1v) is 7.88. The minimum atomic E-state index is -0.0962. The predicted molar refractivity (Wildman–Crippen MR) is 93.1 cm³/mol. The number of benzene rings is 1. The standard InChI is InChI=1S/C18H22N4O/c1-20-10-12-22(13-11-20)16-8-9-17(19-14-16)18(23)21(2)15-6-4-3-5-7-15/h3-9,14H,10-13H2,1-2H3. The summed E-state index contributed by atoms with van der Waals surface area (Å²) < 4.78 is 0. The van der Waals surface area contributed by atoms with Crippen LogP contribution in [0.2, 0.25) is 0 Å². The maximum Gasteiger partial charge on any atom is 0.276 e. The van der Waals surface area contributed by atoms with E-state index in [1.165, 1.54) is 0 Å². The Morgan fingerprint density at radius 2 is 1.74 bits per heavy atom. The fourth-order valence-electron chi connectivity index (χ4n) is 2.70. The largest absolute Gasteiger partial charge is 0.368 e. The van der Waals surface area contributed by atoms with Crippen LogP contribution in [-0.4, -0.2) is 56.1 Å². The number of hydrogen-bond donors (Lipinski definition) is 0. The first kappa shape index (κ1) is 15.5. The highest BCUT2D eigenvalue weighted by Crippen LogP contribution is 2.18. The highest BCUT2D eigenvalue weighted by Gasteiger charge is 2.17. The summed E-state index contributed by atoms with van der Waals surface area (Å²) in [5.74, 6) is -0.0962. The Labute approximate surface area is 137 Å². The second kappa shape index (κ2) is 6.79. The molecule has 0 unspecified atom stereocenters. The van der Waals surface area contributed by atoms with Crippen molar-refractivity contribution in [1.82, 2.24) is 9.88 Å². The first-order valence-electron chi connectivity index (χ1n) is 7.88. The molecule has 1 aromatic heterocycles. The van der Waals surface area contributed by atoms with Crippen molar-refractivity contribution >= 4 is 17.3 Å². The van der Waals surface area contributed by atoms with Crippen LogP contribution in [0.5, 0.6) is 0 Å². The number of carbonyl (C=O) groups is 1. The van der Waals surface area contributed by atoms with Crippen molar-refractivity contribution in [3.63, 3.8) is 0 Å². The molecule has 23 heavy (non-hydrogen) atoms. The average Bonchev–Trinajstić information content (AvgIpc) is 2.62. The maximum absolute atomic E-state index is 12.5. The Morgan fingerprint density at radius 3 is 2.35 bits per heavy atom. The third kappa shape index (κ3) is 3.51. The van der Waals surface area contributed by atoms with Gasteiger partial charge in [-0.25, -0.2) is 4.98 Å². The van der Waals surface area contributed by atoms with Gasteiger partial charge in [-0.15, -0.1) is 0 Å². The maximum atomic E-state index is 12.5. The van der Waals surface area contributed by atoms with E-state index in [2.05, 4.69) is 21.8 Å². The summed E-state index contributed by atoms with van der Waals surface area (Å²) in [7, 11) is 3.91. The van der Waals surface area contributed by atoms with Gasteiger partial charge in [0.15, 0.2) is 0 Å². The van der Waals surface area contributed by atoms with Gasteiger partial charge in [-0.2, -0.15) is 0 Å². The Hall–Kier alpha value is -2.40. The number of para-hydroxylation sites is 1. The topological polar surface area (TPSA) is 39.7 Å². The summed E-state index contributed by atoms with van der Waals surface area (Å²) in [6, 6.07) is 13.4. The minimum Gasteiger partial charge on any atom is -0.368 e. The fourth-order valence-corrected chi connectivity index (χ4v) is 2.70. The van der Waals surface area contributed by atoms with Crippen molar-refractivity contribution in [2.24, 2.45) is 0 Å². The van der Waals surface area contributed by atoms with E-state index in [0.29, 0.717) is 5.69 Å². The molecule has 1 aliphatic heterocycles. The second-order valence-electron chi connectivity index (χ2n) is 5.89. The second-order valence-corrected chi connectivity index (χ2v) is 5.89. The summed E-state index contributed by atoms with van der Waals surface area (Å²) in [5.41, 5.74) is 2.41. The zero-order valence-corrected chi connectivity index (χ0v) is 13.6. The molecular formula is C18H22N4O. The monoisotopic (exact) mass is 310 g/mol. The highest BCUT2D eigenvalue weighted by atomic mass is 16.2. The van der Waals surface area contributed by atoms with Crippen LogP contribution in [0.1, 0.15) is 10.5 Å². The molecule has 5 nitrogen and oxygen atoms in total. The van der Waals surface area contributed by atoms with Gasteiger partial charge in [-0.05, 0) is 31.3 Å². The number of nitrogens with zero attached hydrogens (tertiary/aromatic N) is 4. The molecule has 1 amide bonds. The van der Waals surface area contributed by atoms with E-state index >= 15 is 0 Å². The normalized spacial score (nSPS) is 15.5. The lowest BCUT2D eigenvalue weighted by atomic mass is 10.2. The van der Waals surface area contributed by atoms with E-state index in [-0.39, 0.29) is 5.91 Å². The van der Waals surface area contributed by atoms with Gasteiger partial charge in [0.25, 0.3) is 5.91 Å². The Morgan fingerprint density at radius 1 is 1.04 bits per heavy atom. The summed E-state index contributed by atoms with van der Waals surface area (Å²) in [6.07, 6.45) is 1.80. The van der Waals surface area contributed by atoms with Gasteiger partial charge in [0.1, 0.15) is 5.69 Å². The van der Waals surface area contributed by atoms with E-state index in [9.17, 15) is 4.79 Å². The van der Waals surface area contributed by atoms with Crippen LogP contribution >= 0.6 is 0 Å². The van der Waals surface area contributed by atoms with Crippen molar-refractivity contribution in [3.05, 3.63) is 54.4 Å². The molecule has 1 aliphatic rings. The van der Waals surface area contributed by atoms with Crippen LogP contribution in [0, 0.1) is 0 Å². The van der Waals surface area contributed by atoms with Crippen molar-refractivity contribution in [1.29, 1.82) is 0 Å². The molecule has 0 N–H and O–H groups in total. The lowest BCUT2D eigenvalue weighted by Crippen LogP contribution is -2.44. The van der Waals surface area contributed by atoms with Crippen LogP contribution < -0.4 is 9.80 Å². The van der Waals surface area contributed by atoms with Crippen molar-refractivity contribution < 1.29 is 4.79 Å². The Kier molecular flexibility index (Phi) is 4.57.